The highest BCUT2D eigenvalue weighted by Crippen LogP contribution is 2.62. The van der Waals surface area contributed by atoms with Crippen LogP contribution in [0, 0.1) is 4.91 Å². The van der Waals surface area contributed by atoms with Crippen molar-refractivity contribution < 1.29 is 28.5 Å². The van der Waals surface area contributed by atoms with E-state index >= 15 is 0 Å². The van der Waals surface area contributed by atoms with Crippen LogP contribution in [0.2, 0.25) is 0 Å². The molecule has 27 heavy (non-hydrogen) atoms. The Morgan fingerprint density at radius 1 is 1.44 bits per heavy atom. The summed E-state index contributed by atoms with van der Waals surface area (Å²) < 4.78 is 16.4. The van der Waals surface area contributed by atoms with Crippen LogP contribution in [0.1, 0.15) is 19.6 Å². The molecule has 0 aromatic carbocycles. The first-order chi connectivity index (χ1) is 12.7. The Kier molecular flexibility index (Phi) is 7.73. The van der Waals surface area contributed by atoms with Gasteiger partial charge in [-0.2, -0.15) is 19.2 Å². The summed E-state index contributed by atoms with van der Waals surface area (Å²) >= 11 is 0. The molecule has 0 aliphatic carbocycles. The van der Waals surface area contributed by atoms with Crippen LogP contribution in [-0.4, -0.2) is 62.1 Å². The summed E-state index contributed by atoms with van der Waals surface area (Å²) in [5.74, 6) is 0. The maximum Gasteiger partial charge on any atom is 0.573 e. The number of hydrogen-bond donors (Lipinski definition) is 4. The molecule has 1 aromatic rings. The molecule has 1 saturated heterocycles. The number of rotatable bonds is 9. The fraction of sp³-hybridized carbons (Fsp3) is 0.692. The number of nitroso groups, excluding NO2 is 1. The van der Waals surface area contributed by atoms with E-state index in [0.717, 1.165) is 23.3 Å². The van der Waals surface area contributed by atoms with Crippen molar-refractivity contribution in [1.82, 2.24) is 9.55 Å². The van der Waals surface area contributed by atoms with Gasteiger partial charge >= 0.3 is 13.9 Å². The van der Waals surface area contributed by atoms with E-state index in [1.165, 1.54) is 0 Å². The topological polar surface area (TPSA) is 173 Å². The van der Waals surface area contributed by atoms with E-state index in [1.807, 2.05) is 11.9 Å². The normalized spacial score (nSPS) is 26.9. The van der Waals surface area contributed by atoms with E-state index in [4.69, 9.17) is 13.6 Å². The molecule has 2 heterocycles. The highest BCUT2D eigenvalue weighted by Gasteiger charge is 2.50. The molecule has 1 aliphatic heterocycles. The molecular weight excluding hydrogens is 404 g/mol. The standard InChI is InChI=1S/C13H21N3O9P2/c1-3-6-26(2)25-27(21,22)23-7-8-11(18)10(15-20)12(24-8)16-5-4-9(17)14-13(16)19/h4-5,8,10-12,18,21-22H,3,6-7H2,1-2H3/p+1. The lowest BCUT2D eigenvalue weighted by atomic mass is 10.1. The zero-order valence-corrected chi connectivity index (χ0v) is 16.5. The van der Waals surface area contributed by atoms with Crippen molar-refractivity contribution in [3.05, 3.63) is 38.0 Å². The van der Waals surface area contributed by atoms with E-state index in [1.54, 1.807) is 6.66 Å². The van der Waals surface area contributed by atoms with Gasteiger partial charge in [0, 0.05) is 12.3 Å². The SMILES string of the molecule is CCCP(C)O[P+](O)(O)OCC1OC(n2ccc(=O)[nH]c2=O)C(N=O)C1O. The molecule has 5 atom stereocenters. The second kappa shape index (κ2) is 9.40. The van der Waals surface area contributed by atoms with Crippen molar-refractivity contribution in [3.63, 3.8) is 0 Å². The summed E-state index contributed by atoms with van der Waals surface area (Å²) in [6.45, 7) is 3.14. The lowest BCUT2D eigenvalue weighted by molar-refractivity contribution is -0.0474. The Morgan fingerprint density at radius 2 is 2.15 bits per heavy atom. The number of aliphatic hydroxyl groups excluding tert-OH is 1. The third-order valence-corrected chi connectivity index (χ3v) is 7.30. The molecule has 12 nitrogen and oxygen atoms in total. The number of nitrogens with one attached hydrogen (secondary N) is 1. The van der Waals surface area contributed by atoms with Crippen LogP contribution in [0.5, 0.6) is 0 Å². The van der Waals surface area contributed by atoms with Crippen LogP contribution in [0.25, 0.3) is 0 Å². The quantitative estimate of drug-likeness (QED) is 0.315. The summed E-state index contributed by atoms with van der Waals surface area (Å²) in [6, 6.07) is -0.317. The van der Waals surface area contributed by atoms with Crippen molar-refractivity contribution >= 4 is 16.3 Å². The molecule has 14 heteroatoms. The number of aromatic amines is 1. The highest BCUT2D eigenvalue weighted by molar-refractivity contribution is 7.66. The third kappa shape index (κ3) is 5.69. The zero-order chi connectivity index (χ0) is 20.2. The Morgan fingerprint density at radius 3 is 2.74 bits per heavy atom. The van der Waals surface area contributed by atoms with Crippen molar-refractivity contribution in [2.75, 3.05) is 19.4 Å². The van der Waals surface area contributed by atoms with Gasteiger partial charge in [-0.3, -0.25) is 14.3 Å². The Hall–Kier alpha value is -1.10. The number of H-pyrrole nitrogens is 1. The second-order valence-electron chi connectivity index (χ2n) is 5.89. The van der Waals surface area contributed by atoms with E-state index < -0.39 is 58.7 Å². The van der Waals surface area contributed by atoms with Gasteiger partial charge in [-0.25, -0.2) is 4.79 Å². The maximum atomic E-state index is 11.9. The van der Waals surface area contributed by atoms with Crippen LogP contribution in [0.3, 0.4) is 0 Å². The predicted octanol–water partition coefficient (Wildman–Crippen LogP) is 0.0620. The largest absolute Gasteiger partial charge is 0.573 e. The number of aromatic nitrogens is 2. The van der Waals surface area contributed by atoms with Crippen LogP contribution < -0.4 is 11.2 Å². The molecule has 0 spiro atoms. The molecule has 5 unspecified atom stereocenters. The van der Waals surface area contributed by atoms with Gasteiger partial charge in [0.2, 0.25) is 0 Å². The Labute approximate surface area is 155 Å². The minimum Gasteiger partial charge on any atom is -0.388 e. The van der Waals surface area contributed by atoms with Gasteiger partial charge in [-0.05, 0) is 19.2 Å². The van der Waals surface area contributed by atoms with Crippen LogP contribution in [0.4, 0.5) is 0 Å². The van der Waals surface area contributed by atoms with E-state index in [2.05, 4.69) is 5.18 Å². The zero-order valence-electron chi connectivity index (χ0n) is 14.7. The van der Waals surface area contributed by atoms with E-state index in [-0.39, 0.29) is 0 Å². The van der Waals surface area contributed by atoms with Gasteiger partial charge in [-0.1, -0.05) is 12.1 Å². The fourth-order valence-electron chi connectivity index (χ4n) is 2.57. The maximum absolute atomic E-state index is 11.9. The van der Waals surface area contributed by atoms with Crippen molar-refractivity contribution in [3.8, 4) is 0 Å². The summed E-state index contributed by atoms with van der Waals surface area (Å²) in [6.07, 6.45) is -1.37. The Balaban J connectivity index is 2.07. The molecule has 0 amide bonds. The first-order valence-electron chi connectivity index (χ1n) is 8.06. The number of aliphatic hydroxyl groups is 1. The average molecular weight is 426 g/mol. The van der Waals surface area contributed by atoms with Gasteiger partial charge in [0.1, 0.15) is 18.8 Å². The second-order valence-corrected chi connectivity index (χ2v) is 9.48. The van der Waals surface area contributed by atoms with Gasteiger partial charge in [-0.15, -0.1) is 4.31 Å². The minimum absolute atomic E-state index is 0.502. The average Bonchev–Trinajstić information content (AvgIpc) is 2.88. The lowest BCUT2D eigenvalue weighted by Crippen LogP contribution is -2.36. The van der Waals surface area contributed by atoms with Gasteiger partial charge < -0.3 is 9.84 Å². The van der Waals surface area contributed by atoms with Gasteiger partial charge in [0.25, 0.3) is 5.56 Å². The van der Waals surface area contributed by atoms with E-state index in [9.17, 15) is 29.4 Å². The van der Waals surface area contributed by atoms with Crippen LogP contribution >= 0.6 is 16.3 Å². The molecule has 4 N–H and O–H groups in total. The lowest BCUT2D eigenvalue weighted by Gasteiger charge is -2.17. The van der Waals surface area contributed by atoms with Crippen LogP contribution in [-0.2, 0) is 13.6 Å². The van der Waals surface area contributed by atoms with Crippen LogP contribution in [0.15, 0.2) is 27.0 Å². The first kappa shape index (κ1) is 22.2. The third-order valence-electron chi connectivity index (χ3n) is 3.78. The minimum atomic E-state index is -4.13. The fourth-order valence-corrected chi connectivity index (χ4v) is 5.51. The number of ether oxygens (including phenoxy) is 1. The highest BCUT2D eigenvalue weighted by atomic mass is 31.3. The van der Waals surface area contributed by atoms with Gasteiger partial charge in [0.15, 0.2) is 12.3 Å². The summed E-state index contributed by atoms with van der Waals surface area (Å²) in [4.78, 5) is 55.9. The van der Waals surface area contributed by atoms with Crippen molar-refractivity contribution in [2.24, 2.45) is 5.18 Å². The molecule has 152 valence electrons. The molecule has 0 bridgehead atoms. The number of nitrogens with zero attached hydrogens (tertiary/aromatic N) is 2. The smallest absolute Gasteiger partial charge is 0.388 e. The Bertz CT molecular complexity index is 755. The summed E-state index contributed by atoms with van der Waals surface area (Å²) in [5.41, 5.74) is -1.48. The molecule has 1 aromatic heterocycles. The first-order valence-corrected chi connectivity index (χ1v) is 11.5. The van der Waals surface area contributed by atoms with Gasteiger partial charge in [0.05, 0.1) is 8.15 Å². The number of hydrogen-bond acceptors (Lipinski definition) is 10. The molecule has 1 aliphatic rings. The molecule has 1 fully saturated rings. The predicted molar refractivity (Wildman–Crippen MR) is 97.2 cm³/mol. The monoisotopic (exact) mass is 426 g/mol. The molecule has 0 radical (unpaired) electrons. The molecule has 2 rings (SSSR count). The molecule has 0 saturated carbocycles. The van der Waals surface area contributed by atoms with Crippen molar-refractivity contribution in [1.29, 1.82) is 0 Å². The van der Waals surface area contributed by atoms with Crippen molar-refractivity contribution in [2.45, 2.75) is 37.8 Å². The summed E-state index contributed by atoms with van der Waals surface area (Å²) in [5, 5.41) is 13.0. The summed E-state index contributed by atoms with van der Waals surface area (Å²) in [7, 11) is -5.22. The van der Waals surface area contributed by atoms with E-state index in [0.29, 0.717) is 6.16 Å². The molecular formula is C13H22N3O9P2+.